The summed E-state index contributed by atoms with van der Waals surface area (Å²) in [5.41, 5.74) is -1.44. The third-order valence-electron chi connectivity index (χ3n) is 19.8. The lowest BCUT2D eigenvalue weighted by atomic mass is 9.97. The van der Waals surface area contributed by atoms with Crippen molar-refractivity contribution >= 4 is 65.0 Å². The van der Waals surface area contributed by atoms with Gasteiger partial charge in [0.2, 0.25) is 53.2 Å². The average molecular weight is 1850 g/mol. The fraction of sp³-hybridized carbons (Fsp3) is 0.840. The van der Waals surface area contributed by atoms with Gasteiger partial charge in [-0.2, -0.15) is 0 Å². The van der Waals surface area contributed by atoms with Gasteiger partial charge < -0.3 is 174 Å². The van der Waals surface area contributed by atoms with Crippen LogP contribution in [0.5, 0.6) is 0 Å². The summed E-state index contributed by atoms with van der Waals surface area (Å²) in [6.45, 7) is 6.28. The lowest BCUT2D eigenvalue weighted by Crippen LogP contribution is -2.64. The maximum absolute atomic E-state index is 14.1. The van der Waals surface area contributed by atoms with Crippen molar-refractivity contribution in [1.29, 1.82) is 0 Å². The van der Waals surface area contributed by atoms with Gasteiger partial charge >= 0.3 is 0 Å². The number of hydrogen-bond donors (Lipinski definition) is 18. The molecule has 0 aliphatic carbocycles. The second-order valence-corrected chi connectivity index (χ2v) is 30.9. The van der Waals surface area contributed by atoms with Gasteiger partial charge in [-0.1, -0.05) is 38.5 Å². The van der Waals surface area contributed by atoms with Crippen LogP contribution in [0.15, 0.2) is 12.2 Å². The van der Waals surface area contributed by atoms with Gasteiger partial charge in [-0.3, -0.25) is 57.6 Å². The van der Waals surface area contributed by atoms with Crippen LogP contribution in [-0.4, -0.2) is 430 Å². The third kappa shape index (κ3) is 47.9. The molecule has 0 aromatic rings. The molecule has 738 valence electrons. The minimum atomic E-state index is -1.47. The highest BCUT2D eigenvalue weighted by Crippen LogP contribution is 2.26. The number of nitrogens with one attached hydrogen (secondary N) is 9. The molecule has 128 heavy (non-hydrogen) atoms. The van der Waals surface area contributed by atoms with Gasteiger partial charge in [-0.25, -0.2) is 0 Å². The molecular formula is C81H142N10O37. The van der Waals surface area contributed by atoms with Crippen LogP contribution in [-0.2, 0) is 133 Å². The van der Waals surface area contributed by atoms with Crippen LogP contribution in [0.25, 0.3) is 0 Å². The topological polar surface area (TPSA) is 638 Å². The van der Waals surface area contributed by atoms with Crippen LogP contribution < -0.4 is 47.9 Å². The van der Waals surface area contributed by atoms with E-state index in [1.165, 1.54) is 20.8 Å². The van der Waals surface area contributed by atoms with Crippen molar-refractivity contribution in [3.63, 3.8) is 0 Å². The Balaban J connectivity index is 1.27. The number of aliphatic hydroxyl groups is 9. The number of ether oxygens (including phenoxy) is 17. The van der Waals surface area contributed by atoms with Crippen LogP contribution in [0.1, 0.15) is 125 Å². The highest BCUT2D eigenvalue weighted by atomic mass is 16.7. The van der Waals surface area contributed by atoms with E-state index in [9.17, 15) is 98.7 Å². The molecule has 47 nitrogen and oxygen atoms in total. The first-order valence-electron chi connectivity index (χ1n) is 43.6. The molecule has 11 amide bonds. The van der Waals surface area contributed by atoms with Gasteiger partial charge in [0.05, 0.1) is 172 Å². The van der Waals surface area contributed by atoms with E-state index in [1.54, 1.807) is 13.8 Å². The molecule has 0 aromatic heterocycles. The Bertz CT molecular complexity index is 2980. The summed E-state index contributed by atoms with van der Waals surface area (Å²) in [6, 6.07) is -3.34. The van der Waals surface area contributed by atoms with Crippen molar-refractivity contribution in [2.45, 2.75) is 228 Å². The predicted octanol–water partition coefficient (Wildman–Crippen LogP) is -7.39. The van der Waals surface area contributed by atoms with E-state index < -0.39 is 170 Å². The Labute approximate surface area is 745 Å². The minimum Gasteiger partial charge on any atom is -0.394 e. The summed E-state index contributed by atoms with van der Waals surface area (Å²) < 4.78 is 96.9. The fourth-order valence-electron chi connectivity index (χ4n) is 13.1. The first kappa shape index (κ1) is 113. The molecule has 14 unspecified atom stereocenters. The van der Waals surface area contributed by atoms with Gasteiger partial charge in [-0.05, 0) is 26.7 Å². The normalized spacial score (nSPS) is 23.4. The molecule has 4 rings (SSSR count). The third-order valence-corrected chi connectivity index (χ3v) is 19.8. The highest BCUT2D eigenvalue weighted by Gasteiger charge is 2.48. The summed E-state index contributed by atoms with van der Waals surface area (Å²) in [5.74, 6) is -5.47. The summed E-state index contributed by atoms with van der Waals surface area (Å²) in [6.07, 6.45) is -7.31. The van der Waals surface area contributed by atoms with Crippen molar-refractivity contribution in [2.75, 3.05) is 211 Å². The monoisotopic (exact) mass is 1850 g/mol. The average Bonchev–Trinajstić information content (AvgIpc) is 1.04. The number of unbranched alkanes of at least 4 members (excludes halogenated alkanes) is 7. The number of imide groups is 1. The lowest BCUT2D eigenvalue weighted by molar-refractivity contribution is -0.272. The molecule has 4 aliphatic heterocycles. The molecule has 0 bridgehead atoms. The lowest BCUT2D eigenvalue weighted by Gasteiger charge is -2.42. The smallest absolute Gasteiger partial charge is 0.253 e. The molecule has 15 atom stereocenters. The molecule has 47 heteroatoms. The second-order valence-electron chi connectivity index (χ2n) is 30.9. The summed E-state index contributed by atoms with van der Waals surface area (Å²) in [7, 11) is 0. The number of hydrogen-bond acceptors (Lipinski definition) is 37. The number of aliphatic hydroxyl groups excluding tert-OH is 9. The number of amides is 11. The Kier molecular flexibility index (Phi) is 58.9. The van der Waals surface area contributed by atoms with Crippen molar-refractivity contribution in [1.82, 2.24) is 52.8 Å². The summed E-state index contributed by atoms with van der Waals surface area (Å²) >= 11 is 0. The molecule has 4 heterocycles. The zero-order valence-electron chi connectivity index (χ0n) is 74.2. The van der Waals surface area contributed by atoms with E-state index in [0.717, 1.165) is 49.2 Å². The van der Waals surface area contributed by atoms with E-state index in [2.05, 4.69) is 47.9 Å². The number of carbonyl (C=O) groups is 11. The van der Waals surface area contributed by atoms with Gasteiger partial charge in [-0.15, -0.1) is 0 Å². The Morgan fingerprint density at radius 1 is 0.344 bits per heavy atom. The van der Waals surface area contributed by atoms with Gasteiger partial charge in [0, 0.05) is 111 Å². The standard InChI is InChI=1S/C81H142N10O37/c1-54(95)87-68-74(109)71(106)57(48-92)126-77(68)121-45-42-115-39-36-112-31-22-82-62(100)19-28-118-51-81(52-119-29-20-63(101)83-23-32-113-37-40-116-43-46-122-78-69(88-55(2)96)75(110)72(107)58(49-93)127-78,53-120-30-21-64(102)84-24-33-114-38-41-117-44-47-123-79-70(89-56(3)97)76(111)73(108)59(50-94)128-79)90-65(103)15-13-11-9-7-6-8-10-12-14-60(98)85-25-34-124-80(4,5)125-35-26-86-61(99)18-27-91-66(104)16-17-67(91)105/h16-17,57-59,68-79,92-94,106-111H,6-15,18-53H2,1-5H3,(H,82,100)(H,83,101)(H,84,102)(H,85,98)(H,86,99)(H,87,95)(H,88,96)(H,89,97)(H,90,103)/t57?,58?,59?,68-,69?,70?,71?,72?,73?,74?,75?,76?,77?,78?,79?,81?/m0/s1. The van der Waals surface area contributed by atoms with Crippen LogP contribution in [0.4, 0.5) is 0 Å². The van der Waals surface area contributed by atoms with E-state index in [0.29, 0.717) is 25.7 Å². The van der Waals surface area contributed by atoms with Crippen molar-refractivity contribution < 1.29 is 179 Å². The largest absolute Gasteiger partial charge is 0.394 e. The molecule has 0 spiro atoms. The van der Waals surface area contributed by atoms with E-state index in [1.807, 2.05) is 0 Å². The van der Waals surface area contributed by atoms with E-state index >= 15 is 0 Å². The van der Waals surface area contributed by atoms with Crippen LogP contribution in [0.2, 0.25) is 0 Å². The second kappa shape index (κ2) is 66.4. The SMILES string of the molecule is CC(=O)NC1C(OCCOCCOCCNC(=O)CCOCC(COCCC(=O)NCCOCCOCCOC2OC(CO)C(O)C(O)C2NC(C)=O)(COCCC(=O)NCCOCCOCCOC2OC(CO)C(O)C(O)[C@@H]2NC(C)=O)NC(=O)CCCCCCCCCCC(=O)NCCOC(C)(C)OCCNC(=O)CCN2C(=O)C=CC2=O)OC(CO)C(O)C1O. The summed E-state index contributed by atoms with van der Waals surface area (Å²) in [4.78, 5) is 138. The molecule has 0 saturated carbocycles. The number of nitrogens with zero attached hydrogens (tertiary/aromatic N) is 1. The molecule has 4 aliphatic rings. The van der Waals surface area contributed by atoms with E-state index in [-0.39, 0.29) is 241 Å². The van der Waals surface area contributed by atoms with Crippen molar-refractivity contribution in [3.8, 4) is 0 Å². The maximum atomic E-state index is 14.1. The number of carbonyl (C=O) groups excluding carboxylic acids is 11. The van der Waals surface area contributed by atoms with Crippen molar-refractivity contribution in [3.05, 3.63) is 12.2 Å². The molecule has 18 N–H and O–H groups in total. The van der Waals surface area contributed by atoms with Gasteiger partial charge in [0.25, 0.3) is 11.8 Å². The minimum absolute atomic E-state index is 0.0286. The predicted molar refractivity (Wildman–Crippen MR) is 444 cm³/mol. The van der Waals surface area contributed by atoms with Crippen LogP contribution >= 0.6 is 0 Å². The first-order valence-corrected chi connectivity index (χ1v) is 43.6. The fourth-order valence-corrected chi connectivity index (χ4v) is 13.1. The maximum Gasteiger partial charge on any atom is 0.253 e. The zero-order valence-corrected chi connectivity index (χ0v) is 74.2. The Morgan fingerprint density at radius 2 is 0.617 bits per heavy atom. The highest BCUT2D eigenvalue weighted by molar-refractivity contribution is 6.13. The van der Waals surface area contributed by atoms with Crippen LogP contribution in [0, 0.1) is 0 Å². The van der Waals surface area contributed by atoms with Gasteiger partial charge in [0.1, 0.15) is 78.6 Å². The van der Waals surface area contributed by atoms with Gasteiger partial charge in [0.15, 0.2) is 24.7 Å². The number of rotatable bonds is 74. The molecule has 3 saturated heterocycles. The van der Waals surface area contributed by atoms with Crippen molar-refractivity contribution in [2.24, 2.45) is 0 Å². The molecule has 0 aromatic carbocycles. The molecule has 0 radical (unpaired) electrons. The zero-order chi connectivity index (χ0) is 93.9. The molecular weight excluding hydrogens is 1700 g/mol. The van der Waals surface area contributed by atoms with E-state index in [4.69, 9.17) is 80.5 Å². The molecule has 3 fully saturated rings. The first-order chi connectivity index (χ1) is 61.4. The quantitative estimate of drug-likeness (QED) is 0.0153. The van der Waals surface area contributed by atoms with Crippen LogP contribution in [0.3, 0.4) is 0 Å². The Morgan fingerprint density at radius 3 is 0.930 bits per heavy atom. The summed E-state index contributed by atoms with van der Waals surface area (Å²) in [5, 5.41) is 115. The Hall–Kier alpha value is -6.93.